The van der Waals surface area contributed by atoms with Crippen molar-refractivity contribution in [3.8, 4) is 11.5 Å². The van der Waals surface area contributed by atoms with E-state index in [2.05, 4.69) is 15.3 Å². The summed E-state index contributed by atoms with van der Waals surface area (Å²) in [6.07, 6.45) is 3.42. The number of halogens is 2. The maximum Gasteiger partial charge on any atom is 0.338 e. The molecule has 202 valence electrons. The van der Waals surface area contributed by atoms with Crippen molar-refractivity contribution in [1.82, 2.24) is 14.5 Å². The van der Waals surface area contributed by atoms with Crippen LogP contribution in [0.25, 0.3) is 11.0 Å². The van der Waals surface area contributed by atoms with Gasteiger partial charge in [0.2, 0.25) is 0 Å². The van der Waals surface area contributed by atoms with Crippen LogP contribution in [0.4, 0.5) is 11.5 Å². The van der Waals surface area contributed by atoms with E-state index in [1.54, 1.807) is 36.4 Å². The number of carbonyl (C=O) groups is 1. The van der Waals surface area contributed by atoms with Crippen molar-refractivity contribution in [2.75, 3.05) is 25.1 Å². The third kappa shape index (κ3) is 7.58. The van der Waals surface area contributed by atoms with Crippen LogP contribution >= 0.6 is 24.0 Å². The number of hydrogen-bond donors (Lipinski definition) is 2. The minimum atomic E-state index is -0.565. The van der Waals surface area contributed by atoms with Gasteiger partial charge in [-0.1, -0.05) is 11.6 Å². The topological polar surface area (TPSA) is 108 Å². The molecule has 0 amide bonds. The van der Waals surface area contributed by atoms with E-state index in [-0.39, 0.29) is 19.0 Å². The Balaban J connectivity index is 0.00000400. The molecule has 9 nitrogen and oxygen atoms in total. The molecule has 0 aliphatic heterocycles. The Hall–Kier alpha value is -3.37. The van der Waals surface area contributed by atoms with Crippen LogP contribution in [-0.2, 0) is 16.0 Å². The number of aromatic nitrogens is 3. The smallest absolute Gasteiger partial charge is 0.338 e. The largest absolute Gasteiger partial charge is 0.456 e. The first-order chi connectivity index (χ1) is 17.7. The Kier molecular flexibility index (Phi) is 9.93. The average molecular weight is 561 g/mol. The number of rotatable bonds is 10. The molecule has 0 saturated heterocycles. The molecule has 38 heavy (non-hydrogen) atoms. The van der Waals surface area contributed by atoms with E-state index < -0.39 is 11.6 Å². The Morgan fingerprint density at radius 3 is 2.53 bits per heavy atom. The average Bonchev–Trinajstić information content (AvgIpc) is 3.27. The summed E-state index contributed by atoms with van der Waals surface area (Å²) < 4.78 is 18.7. The van der Waals surface area contributed by atoms with Crippen molar-refractivity contribution < 1.29 is 24.1 Å². The van der Waals surface area contributed by atoms with Gasteiger partial charge in [0.15, 0.2) is 5.82 Å². The zero-order valence-corrected chi connectivity index (χ0v) is 22.9. The third-order valence-corrected chi connectivity index (χ3v) is 5.47. The first-order valence-corrected chi connectivity index (χ1v) is 12.2. The fourth-order valence-corrected chi connectivity index (χ4v) is 3.78. The second-order valence-electron chi connectivity index (χ2n) is 9.20. The highest BCUT2D eigenvalue weighted by molar-refractivity contribution is 6.32. The van der Waals surface area contributed by atoms with Gasteiger partial charge in [0.25, 0.3) is 0 Å². The van der Waals surface area contributed by atoms with E-state index in [1.165, 1.54) is 6.33 Å². The molecular formula is C27H30Cl2N4O5. The van der Waals surface area contributed by atoms with Gasteiger partial charge < -0.3 is 29.2 Å². The molecule has 0 aliphatic rings. The summed E-state index contributed by atoms with van der Waals surface area (Å²) in [4.78, 5) is 21.0. The Morgan fingerprint density at radius 1 is 1.08 bits per heavy atom. The fraction of sp³-hybridized carbons (Fsp3) is 0.296. The van der Waals surface area contributed by atoms with E-state index in [0.29, 0.717) is 47.7 Å². The van der Waals surface area contributed by atoms with Gasteiger partial charge in [-0.05, 0) is 69.3 Å². The maximum absolute atomic E-state index is 12.2. The molecule has 2 N–H and O–H groups in total. The number of anilines is 2. The molecule has 0 bridgehead atoms. The predicted octanol–water partition coefficient (Wildman–Crippen LogP) is 6.01. The van der Waals surface area contributed by atoms with Gasteiger partial charge in [-0.3, -0.25) is 0 Å². The van der Waals surface area contributed by atoms with Gasteiger partial charge >= 0.3 is 5.97 Å². The van der Waals surface area contributed by atoms with Crippen LogP contribution in [0.1, 0.15) is 31.1 Å². The minimum Gasteiger partial charge on any atom is -0.456 e. The summed E-state index contributed by atoms with van der Waals surface area (Å²) in [5, 5.41) is 12.6. The number of nitrogens with zero attached hydrogens (tertiary/aromatic N) is 3. The van der Waals surface area contributed by atoms with Crippen molar-refractivity contribution in [2.24, 2.45) is 0 Å². The number of aliphatic hydroxyl groups excluding tert-OH is 1. The molecule has 0 saturated carbocycles. The third-order valence-electron chi connectivity index (χ3n) is 5.17. The molecule has 4 aromatic rings. The Labute approximate surface area is 232 Å². The lowest BCUT2D eigenvalue weighted by atomic mass is 10.1. The van der Waals surface area contributed by atoms with Crippen LogP contribution in [0.15, 0.2) is 61.1 Å². The Morgan fingerprint density at radius 2 is 1.84 bits per heavy atom. The van der Waals surface area contributed by atoms with Crippen LogP contribution in [0, 0.1) is 0 Å². The van der Waals surface area contributed by atoms with Crippen LogP contribution in [-0.4, -0.2) is 51.0 Å². The van der Waals surface area contributed by atoms with E-state index >= 15 is 0 Å². The number of nitrogens with one attached hydrogen (secondary N) is 1. The standard InChI is InChI=1S/C27H29ClN4O5.ClH/c1-27(2,3)37-26(34)18-4-7-20(8-5-18)36-23-9-6-19(16-21(23)28)31-25-24-22(29-17-30-25)10-11-32(24)12-14-35-15-13-33;/h4-11,16-17,33H,12-15H2,1-3H3,(H,29,30,31);1H. The molecule has 2 heterocycles. The molecule has 2 aromatic heterocycles. The fourth-order valence-electron chi connectivity index (χ4n) is 3.56. The van der Waals surface area contributed by atoms with Gasteiger partial charge in [-0.2, -0.15) is 0 Å². The summed E-state index contributed by atoms with van der Waals surface area (Å²) in [6, 6.07) is 13.9. The second kappa shape index (κ2) is 12.9. The SMILES string of the molecule is CC(C)(C)OC(=O)c1ccc(Oc2ccc(Nc3ncnc4ccn(CCOCCO)c34)cc2Cl)cc1.Cl. The molecule has 0 fully saturated rings. The lowest BCUT2D eigenvalue weighted by Gasteiger charge is -2.19. The van der Waals surface area contributed by atoms with E-state index in [0.717, 1.165) is 16.7 Å². The highest BCUT2D eigenvalue weighted by Crippen LogP contribution is 2.33. The quantitative estimate of drug-likeness (QED) is 0.179. The molecule has 0 atom stereocenters. The normalized spacial score (nSPS) is 11.2. The van der Waals surface area contributed by atoms with E-state index in [1.807, 2.05) is 43.7 Å². The predicted molar refractivity (Wildman–Crippen MR) is 149 cm³/mol. The molecule has 0 spiro atoms. The molecular weight excluding hydrogens is 531 g/mol. The summed E-state index contributed by atoms with van der Waals surface area (Å²) in [5.74, 6) is 1.23. The number of benzene rings is 2. The lowest BCUT2D eigenvalue weighted by molar-refractivity contribution is 0.00695. The van der Waals surface area contributed by atoms with Gasteiger partial charge in [-0.15, -0.1) is 12.4 Å². The minimum absolute atomic E-state index is 0. The number of hydrogen-bond acceptors (Lipinski definition) is 8. The van der Waals surface area contributed by atoms with Crippen LogP contribution in [0.3, 0.4) is 0 Å². The first kappa shape index (κ1) is 29.2. The van der Waals surface area contributed by atoms with Gasteiger partial charge in [-0.25, -0.2) is 14.8 Å². The summed E-state index contributed by atoms with van der Waals surface area (Å²) >= 11 is 6.51. The molecule has 4 rings (SSSR count). The highest BCUT2D eigenvalue weighted by atomic mass is 35.5. The van der Waals surface area contributed by atoms with E-state index in [4.69, 9.17) is 30.9 Å². The number of fused-ring (bicyclic) bond motifs is 1. The van der Waals surface area contributed by atoms with Gasteiger partial charge in [0.05, 0.1) is 35.9 Å². The number of carbonyl (C=O) groups excluding carboxylic acids is 1. The van der Waals surface area contributed by atoms with Crippen molar-refractivity contribution in [3.05, 3.63) is 71.6 Å². The summed E-state index contributed by atoms with van der Waals surface area (Å²) in [7, 11) is 0. The number of esters is 1. The maximum atomic E-state index is 12.2. The van der Waals surface area contributed by atoms with E-state index in [9.17, 15) is 4.79 Å². The molecule has 0 aliphatic carbocycles. The van der Waals surface area contributed by atoms with Gasteiger partial charge in [0, 0.05) is 18.4 Å². The highest BCUT2D eigenvalue weighted by Gasteiger charge is 2.18. The van der Waals surface area contributed by atoms with Crippen molar-refractivity contribution >= 4 is 52.5 Å². The Bertz CT molecular complexity index is 1370. The monoisotopic (exact) mass is 560 g/mol. The summed E-state index contributed by atoms with van der Waals surface area (Å²) in [5.41, 5.74) is 2.22. The van der Waals surface area contributed by atoms with Crippen LogP contribution in [0.2, 0.25) is 5.02 Å². The zero-order valence-electron chi connectivity index (χ0n) is 21.3. The molecule has 0 unspecified atom stereocenters. The zero-order chi connectivity index (χ0) is 26.4. The van der Waals surface area contributed by atoms with Gasteiger partial charge in [0.1, 0.15) is 28.9 Å². The number of ether oxygens (including phenoxy) is 3. The van der Waals surface area contributed by atoms with Crippen LogP contribution < -0.4 is 10.1 Å². The summed E-state index contributed by atoms with van der Waals surface area (Å²) in [6.45, 7) is 6.79. The van der Waals surface area contributed by atoms with Crippen molar-refractivity contribution in [1.29, 1.82) is 0 Å². The first-order valence-electron chi connectivity index (χ1n) is 11.8. The second-order valence-corrected chi connectivity index (χ2v) is 9.61. The molecule has 11 heteroatoms. The van der Waals surface area contributed by atoms with Crippen LogP contribution in [0.5, 0.6) is 11.5 Å². The van der Waals surface area contributed by atoms with Crippen molar-refractivity contribution in [3.63, 3.8) is 0 Å². The van der Waals surface area contributed by atoms with Crippen molar-refractivity contribution in [2.45, 2.75) is 32.9 Å². The molecule has 2 aromatic carbocycles. The number of aliphatic hydroxyl groups is 1. The molecule has 0 radical (unpaired) electrons. The lowest BCUT2D eigenvalue weighted by Crippen LogP contribution is -2.23.